The SMILES string of the molecule is [CH2-]OC(=O)CCl.[CH3-].[Db]. The van der Waals surface area contributed by atoms with Gasteiger partial charge in [-0.3, -0.25) is 4.79 Å². The molecule has 0 spiro atoms. The van der Waals surface area contributed by atoms with Gasteiger partial charge in [-0.15, -0.1) is 11.6 Å². The molecule has 0 saturated carbocycles. The first kappa shape index (κ1) is 15.9. The van der Waals surface area contributed by atoms with Gasteiger partial charge in [0.2, 0.25) is 0 Å². The van der Waals surface area contributed by atoms with Gasteiger partial charge in [-0.25, -0.2) is 0 Å². The van der Waals surface area contributed by atoms with Crippen LogP contribution in [0.5, 0.6) is 0 Å². The van der Waals surface area contributed by atoms with Gasteiger partial charge < -0.3 is 12.2 Å². The van der Waals surface area contributed by atoms with Gasteiger partial charge in [0.25, 0.3) is 5.97 Å². The fourth-order valence-corrected chi connectivity index (χ4v) is 0.116. The van der Waals surface area contributed by atoms with E-state index in [2.05, 4.69) is 11.8 Å². The first-order valence-electron chi connectivity index (χ1n) is 1.32. The molecule has 0 fully saturated rings. The Morgan fingerprint density at radius 3 is 2.12 bits per heavy atom. The molecule has 0 bridgehead atoms. The van der Waals surface area contributed by atoms with Crippen molar-refractivity contribution in [2.75, 3.05) is 5.88 Å². The maximum atomic E-state index is 9.76. The van der Waals surface area contributed by atoms with E-state index in [0.29, 0.717) is 0 Å². The van der Waals surface area contributed by atoms with Crippen LogP contribution in [0.4, 0.5) is 0 Å². The van der Waals surface area contributed by atoms with E-state index in [0.717, 1.165) is 0 Å². The van der Waals surface area contributed by atoms with Crippen LogP contribution in [0, 0.1) is 14.5 Å². The van der Waals surface area contributed by atoms with Gasteiger partial charge in [0.1, 0.15) is 5.88 Å². The van der Waals surface area contributed by atoms with Crippen molar-refractivity contribution in [2.24, 2.45) is 0 Å². The molecule has 0 radical (unpaired) electrons. The third kappa shape index (κ3) is 8.83. The minimum Gasteiger partial charge on any atom is -0.639 e. The minimum absolute atomic E-state index is 0. The molecule has 4 heteroatoms. The molecule has 0 aliphatic heterocycles. The van der Waals surface area contributed by atoms with Crippen molar-refractivity contribution < 1.29 is 9.53 Å². The van der Waals surface area contributed by atoms with E-state index in [1.54, 1.807) is 0 Å². The summed E-state index contributed by atoms with van der Waals surface area (Å²) in [5.41, 5.74) is 0. The minimum atomic E-state index is -0.503. The standard InChI is InChI=1S/C3H4ClO2.CH3.Db/c1-6-3(5)2-4;;/h1-2H2;1H3;/q2*-1;. The smallest absolute Gasteiger partial charge is 0.289 e. The van der Waals surface area contributed by atoms with Gasteiger partial charge in [0.05, 0.1) is 0 Å². The van der Waals surface area contributed by atoms with Crippen LogP contribution in [-0.4, -0.2) is 11.8 Å². The van der Waals surface area contributed by atoms with Gasteiger partial charge in [-0.2, -0.15) is 7.11 Å². The van der Waals surface area contributed by atoms with Crippen LogP contribution in [0.2, 0.25) is 0 Å². The number of rotatable bonds is 1. The molecule has 0 aliphatic carbocycles. The summed E-state index contributed by atoms with van der Waals surface area (Å²) in [7, 11) is 2.82. The zero-order valence-corrected chi connectivity index (χ0v) is 12.0. The van der Waals surface area contributed by atoms with Crippen LogP contribution in [0.15, 0.2) is 0 Å². The number of alkyl halides is 1. The summed E-state index contributed by atoms with van der Waals surface area (Å²) < 4.78 is 3.88. The van der Waals surface area contributed by atoms with Crippen LogP contribution in [0.25, 0.3) is 0 Å². The van der Waals surface area contributed by atoms with E-state index in [9.17, 15) is 4.79 Å². The van der Waals surface area contributed by atoms with Crippen LogP contribution in [-0.2, 0) is 9.53 Å². The van der Waals surface area contributed by atoms with Gasteiger partial charge in [0, 0.05) is 0 Å². The molecule has 0 aliphatic rings. The first-order chi connectivity index (χ1) is 2.81. The quantitative estimate of drug-likeness (QED) is 0.380. The Hall–Kier alpha value is -1.24. The molecule has 8 heavy (non-hydrogen) atoms. The van der Waals surface area contributed by atoms with Crippen molar-refractivity contribution in [3.8, 4) is 0 Å². The predicted molar refractivity (Wildman–Crippen MR) is 28.6 cm³/mol. The topological polar surface area (TPSA) is 26.3 Å². The average Bonchev–Trinajstić information content (AvgIpc) is 1.65. The Morgan fingerprint density at radius 2 is 2.12 bits per heavy atom. The van der Waals surface area contributed by atoms with Crippen LogP contribution in [0.1, 0.15) is 0 Å². The Morgan fingerprint density at radius 1 is 1.75 bits per heavy atom. The summed E-state index contributed by atoms with van der Waals surface area (Å²) in [6.07, 6.45) is 0. The van der Waals surface area contributed by atoms with Crippen molar-refractivity contribution in [2.45, 2.75) is 0 Å². The number of hydrogen-bond donors (Lipinski definition) is 0. The summed E-state index contributed by atoms with van der Waals surface area (Å²) in [5, 5.41) is 0. The van der Waals surface area contributed by atoms with E-state index >= 15 is 0 Å². The molecule has 2 nitrogen and oxygen atoms in total. The predicted octanol–water partition coefficient (Wildman–Crippen LogP) is 1.01. The third-order valence-corrected chi connectivity index (χ3v) is 0.488. The van der Waals surface area contributed by atoms with Gasteiger partial charge in [0.15, 0.2) is 0 Å². The van der Waals surface area contributed by atoms with E-state index < -0.39 is 5.97 Å². The molecule has 46 valence electrons. The number of carbonyl (C=O) groups is 1. The number of hydrogen-bond acceptors (Lipinski definition) is 2. The molecule has 0 N–H and O–H groups in total. The second kappa shape index (κ2) is 9.23. The zero-order valence-electron chi connectivity index (χ0n) is 4.82. The van der Waals surface area contributed by atoms with Crippen molar-refractivity contribution in [1.82, 2.24) is 0 Å². The summed E-state index contributed by atoms with van der Waals surface area (Å²) in [4.78, 5) is 9.76. The molecule has 0 aromatic heterocycles. The van der Waals surface area contributed by atoms with E-state index in [-0.39, 0.29) is 13.3 Å². The second-order valence-electron chi connectivity index (χ2n) is 0.650. The number of ether oxygens (including phenoxy) is 1. The summed E-state index contributed by atoms with van der Waals surface area (Å²) >= 11 is 4.94. The summed E-state index contributed by atoms with van der Waals surface area (Å²) in [6, 6.07) is 0. The van der Waals surface area contributed by atoms with Gasteiger partial charge in [-0.1, -0.05) is 0 Å². The van der Waals surface area contributed by atoms with Crippen LogP contribution >= 0.6 is 11.6 Å². The monoisotopic (exact) mass is 390 g/mol. The summed E-state index contributed by atoms with van der Waals surface area (Å²) in [6.45, 7) is 0. The number of carbonyl (C=O) groups excluding carboxylic acids is 1. The van der Waals surface area contributed by atoms with E-state index in [1.807, 2.05) is 0 Å². The van der Waals surface area contributed by atoms with Crippen molar-refractivity contribution in [1.29, 1.82) is 0 Å². The van der Waals surface area contributed by atoms with Gasteiger partial charge >= 0.3 is 0 Å². The first-order valence-corrected chi connectivity index (χ1v) is 1.85. The van der Waals surface area contributed by atoms with Crippen molar-refractivity contribution in [3.05, 3.63) is 14.5 Å². The third-order valence-electron chi connectivity index (χ3n) is 0.270. The Bertz CT molecular complexity index is 52.0. The average molecular weight is 391 g/mol. The summed E-state index contributed by atoms with van der Waals surface area (Å²) in [5.74, 6) is -0.625. The fourth-order valence-electron chi connectivity index (χ4n) is 0.0386. The van der Waals surface area contributed by atoms with Crippen LogP contribution in [0.3, 0.4) is 0 Å². The van der Waals surface area contributed by atoms with Crippen LogP contribution < -0.4 is 0 Å². The van der Waals surface area contributed by atoms with Crippen molar-refractivity contribution in [3.63, 3.8) is 0 Å². The molecule has 0 amide bonds. The largest absolute Gasteiger partial charge is 0.639 e. The molecular formula is C4H7ClDbO2-2. The molecule has 0 rings (SSSR count). The maximum Gasteiger partial charge on any atom is 0.289 e. The molecule has 0 atom stereocenters. The molecule has 0 heterocycles. The fraction of sp³-hybridized carbons (Fsp3) is 0.250. The Kier molecular flexibility index (Phi) is 18.3. The molecule has 0 aromatic rings. The Balaban J connectivity index is -0.000000125. The zero-order chi connectivity index (χ0) is 4.99. The number of esters is 1. The number of halogens is 1. The Labute approximate surface area is 48.4 Å². The molecule has 0 saturated heterocycles. The normalized spacial score (nSPS) is 5.75. The molecule has 0 unspecified atom stereocenters. The van der Waals surface area contributed by atoms with Crippen molar-refractivity contribution >= 4 is 17.6 Å². The van der Waals surface area contributed by atoms with Gasteiger partial charge in [-0.05, 0) is 0 Å². The van der Waals surface area contributed by atoms with E-state index in [1.165, 1.54) is 0 Å². The second-order valence-corrected chi connectivity index (χ2v) is 0.917. The van der Waals surface area contributed by atoms with E-state index in [4.69, 9.17) is 11.6 Å². The molecular weight excluding hydrogens is 383 g/mol. The molecule has 0 aromatic carbocycles. The maximum absolute atomic E-state index is 9.76.